The molecular weight excluding hydrogens is 254 g/mol. The Morgan fingerprint density at radius 1 is 1.50 bits per heavy atom. The van der Waals surface area contributed by atoms with E-state index in [1.807, 2.05) is 12.1 Å². The summed E-state index contributed by atoms with van der Waals surface area (Å²) in [5.41, 5.74) is 0.833. The lowest BCUT2D eigenvalue weighted by molar-refractivity contribution is -0.385. The van der Waals surface area contributed by atoms with Gasteiger partial charge in [-0.1, -0.05) is 18.9 Å². The van der Waals surface area contributed by atoms with Crippen molar-refractivity contribution in [2.45, 2.75) is 31.7 Å². The molecule has 0 aromatic heterocycles. The quantitative estimate of drug-likeness (QED) is 0.467. The minimum Gasteiger partial charge on any atom is -0.365 e. The van der Waals surface area contributed by atoms with Crippen LogP contribution >= 0.6 is 0 Å². The van der Waals surface area contributed by atoms with Crippen LogP contribution in [0.3, 0.4) is 0 Å². The lowest BCUT2D eigenvalue weighted by atomic mass is 10.1. The van der Waals surface area contributed by atoms with Gasteiger partial charge in [0, 0.05) is 24.3 Å². The third-order valence-electron chi connectivity index (χ3n) is 3.72. The average Bonchev–Trinajstić information content (AvgIpc) is 2.97. The van der Waals surface area contributed by atoms with Crippen LogP contribution in [0.1, 0.15) is 31.2 Å². The molecule has 1 aliphatic rings. The summed E-state index contributed by atoms with van der Waals surface area (Å²) in [5.74, 6) is 0. The van der Waals surface area contributed by atoms with Gasteiger partial charge in [0.25, 0.3) is 5.69 Å². The number of rotatable bonds is 5. The van der Waals surface area contributed by atoms with Crippen LogP contribution in [-0.2, 0) is 0 Å². The second kappa shape index (κ2) is 6.20. The summed E-state index contributed by atoms with van der Waals surface area (Å²) >= 11 is 0. The molecule has 20 heavy (non-hydrogen) atoms. The third-order valence-corrected chi connectivity index (χ3v) is 3.72. The van der Waals surface area contributed by atoms with E-state index in [0.29, 0.717) is 12.6 Å². The van der Waals surface area contributed by atoms with Crippen molar-refractivity contribution < 1.29 is 4.92 Å². The Hall–Kier alpha value is -2.35. The Labute approximate surface area is 118 Å². The Bertz CT molecular complexity index is 557. The number of anilines is 1. The number of benzene rings is 1. The van der Waals surface area contributed by atoms with Crippen LogP contribution in [0.15, 0.2) is 30.9 Å². The second-order valence-electron chi connectivity index (χ2n) is 4.95. The molecule has 0 bridgehead atoms. The van der Waals surface area contributed by atoms with Crippen LogP contribution in [-0.4, -0.2) is 17.5 Å². The van der Waals surface area contributed by atoms with Crippen molar-refractivity contribution in [3.8, 4) is 6.07 Å². The lowest BCUT2D eigenvalue weighted by Crippen LogP contribution is -2.33. The van der Waals surface area contributed by atoms with Gasteiger partial charge in [-0.05, 0) is 25.0 Å². The van der Waals surface area contributed by atoms with Crippen LogP contribution in [0.2, 0.25) is 0 Å². The van der Waals surface area contributed by atoms with Gasteiger partial charge in [0.1, 0.15) is 11.6 Å². The fourth-order valence-electron chi connectivity index (χ4n) is 2.77. The summed E-state index contributed by atoms with van der Waals surface area (Å²) < 4.78 is 0. The minimum absolute atomic E-state index is 0.111. The molecular formula is C15H17N3O2. The zero-order valence-corrected chi connectivity index (χ0v) is 11.3. The summed E-state index contributed by atoms with van der Waals surface area (Å²) in [4.78, 5) is 12.5. The van der Waals surface area contributed by atoms with E-state index >= 15 is 0 Å². The smallest absolute Gasteiger partial charge is 0.287 e. The first-order valence-electron chi connectivity index (χ1n) is 6.73. The number of nitriles is 1. The van der Waals surface area contributed by atoms with Gasteiger partial charge in [0.2, 0.25) is 0 Å². The Balaban J connectivity index is 2.36. The van der Waals surface area contributed by atoms with Crippen molar-refractivity contribution in [3.05, 3.63) is 46.5 Å². The zero-order valence-electron chi connectivity index (χ0n) is 11.3. The van der Waals surface area contributed by atoms with Gasteiger partial charge >= 0.3 is 0 Å². The van der Waals surface area contributed by atoms with Crippen LogP contribution in [0.25, 0.3) is 0 Å². The van der Waals surface area contributed by atoms with Gasteiger partial charge in [0.15, 0.2) is 0 Å². The molecule has 0 heterocycles. The molecule has 0 radical (unpaired) electrons. The second-order valence-corrected chi connectivity index (χ2v) is 4.95. The molecule has 5 heteroatoms. The van der Waals surface area contributed by atoms with Crippen molar-refractivity contribution >= 4 is 11.4 Å². The van der Waals surface area contributed by atoms with Crippen molar-refractivity contribution in [3.63, 3.8) is 0 Å². The van der Waals surface area contributed by atoms with Gasteiger partial charge in [-0.15, -0.1) is 6.58 Å². The SMILES string of the molecule is C=CCN(c1ccc([N+](=O)[O-])c(C#N)c1)C1CCCC1. The molecule has 0 aliphatic heterocycles. The standard InChI is InChI=1S/C15H17N3O2/c1-2-9-17(13-5-3-4-6-13)14-7-8-15(18(19)20)12(10-14)11-16/h2,7-8,10,13H,1,3-6,9H2. The van der Waals surface area contributed by atoms with Crippen LogP contribution in [0.5, 0.6) is 0 Å². The molecule has 104 valence electrons. The van der Waals surface area contributed by atoms with Gasteiger partial charge in [0.05, 0.1) is 4.92 Å². The first kappa shape index (κ1) is 14.1. The van der Waals surface area contributed by atoms with E-state index in [1.165, 1.54) is 18.9 Å². The predicted molar refractivity (Wildman–Crippen MR) is 77.6 cm³/mol. The van der Waals surface area contributed by atoms with E-state index in [2.05, 4.69) is 11.5 Å². The number of hydrogen-bond acceptors (Lipinski definition) is 4. The maximum atomic E-state index is 10.9. The highest BCUT2D eigenvalue weighted by Gasteiger charge is 2.24. The Morgan fingerprint density at radius 2 is 2.20 bits per heavy atom. The largest absolute Gasteiger partial charge is 0.365 e. The molecule has 0 atom stereocenters. The van der Waals surface area contributed by atoms with Crippen LogP contribution in [0, 0.1) is 21.4 Å². The first-order chi connectivity index (χ1) is 9.67. The zero-order chi connectivity index (χ0) is 14.5. The fourth-order valence-corrected chi connectivity index (χ4v) is 2.77. The van der Waals surface area contributed by atoms with E-state index in [4.69, 9.17) is 5.26 Å². The molecule has 1 aromatic carbocycles. The van der Waals surface area contributed by atoms with Gasteiger partial charge in [-0.3, -0.25) is 10.1 Å². The summed E-state index contributed by atoms with van der Waals surface area (Å²) in [6.07, 6.45) is 6.47. The van der Waals surface area contributed by atoms with Crippen LogP contribution in [0.4, 0.5) is 11.4 Å². The molecule has 1 aromatic rings. The van der Waals surface area contributed by atoms with Crippen molar-refractivity contribution in [1.29, 1.82) is 5.26 Å². The van der Waals surface area contributed by atoms with E-state index in [9.17, 15) is 10.1 Å². The number of hydrogen-bond donors (Lipinski definition) is 0. The molecule has 0 amide bonds. The highest BCUT2D eigenvalue weighted by atomic mass is 16.6. The molecule has 0 unspecified atom stereocenters. The number of nitrogens with zero attached hydrogens (tertiary/aromatic N) is 3. The first-order valence-corrected chi connectivity index (χ1v) is 6.73. The number of nitro groups is 1. The summed E-state index contributed by atoms with van der Waals surface area (Å²) in [5, 5.41) is 19.9. The summed E-state index contributed by atoms with van der Waals surface area (Å²) in [6, 6.07) is 7.09. The van der Waals surface area contributed by atoms with Gasteiger partial charge < -0.3 is 4.90 Å². The summed E-state index contributed by atoms with van der Waals surface area (Å²) in [7, 11) is 0. The van der Waals surface area contributed by atoms with E-state index in [0.717, 1.165) is 18.5 Å². The summed E-state index contributed by atoms with van der Waals surface area (Å²) in [6.45, 7) is 4.46. The van der Waals surface area contributed by atoms with Crippen LogP contribution < -0.4 is 4.90 Å². The highest BCUT2D eigenvalue weighted by Crippen LogP contribution is 2.31. The molecule has 0 spiro atoms. The Kier molecular flexibility index (Phi) is 4.36. The van der Waals surface area contributed by atoms with Crippen molar-refractivity contribution in [2.75, 3.05) is 11.4 Å². The maximum Gasteiger partial charge on any atom is 0.287 e. The molecule has 1 aliphatic carbocycles. The van der Waals surface area contributed by atoms with Crippen molar-refractivity contribution in [1.82, 2.24) is 0 Å². The monoisotopic (exact) mass is 271 g/mol. The van der Waals surface area contributed by atoms with Crippen molar-refractivity contribution in [2.24, 2.45) is 0 Å². The normalized spacial score (nSPS) is 14.8. The lowest BCUT2D eigenvalue weighted by Gasteiger charge is -2.30. The maximum absolute atomic E-state index is 10.9. The van der Waals surface area contributed by atoms with Gasteiger partial charge in [-0.25, -0.2) is 0 Å². The molecule has 0 saturated heterocycles. The van der Waals surface area contributed by atoms with E-state index < -0.39 is 4.92 Å². The topological polar surface area (TPSA) is 70.2 Å². The van der Waals surface area contributed by atoms with Gasteiger partial charge in [-0.2, -0.15) is 5.26 Å². The van der Waals surface area contributed by atoms with E-state index in [1.54, 1.807) is 12.1 Å². The fraction of sp³-hybridized carbons (Fsp3) is 0.400. The number of nitro benzene ring substituents is 1. The average molecular weight is 271 g/mol. The minimum atomic E-state index is -0.518. The molecule has 1 saturated carbocycles. The molecule has 5 nitrogen and oxygen atoms in total. The Morgan fingerprint density at radius 3 is 2.75 bits per heavy atom. The molecule has 1 fully saturated rings. The highest BCUT2D eigenvalue weighted by molar-refractivity contribution is 5.60. The third kappa shape index (κ3) is 2.80. The van der Waals surface area contributed by atoms with E-state index in [-0.39, 0.29) is 11.3 Å². The molecule has 2 rings (SSSR count). The molecule has 0 N–H and O–H groups in total. The predicted octanol–water partition coefficient (Wildman–Crippen LogP) is 3.40.